The van der Waals surface area contributed by atoms with Crippen molar-refractivity contribution in [2.24, 2.45) is 5.92 Å². The normalized spacial score (nSPS) is 18.2. The summed E-state index contributed by atoms with van der Waals surface area (Å²) >= 11 is 0. The van der Waals surface area contributed by atoms with Crippen LogP contribution in [-0.4, -0.2) is 12.6 Å². The quantitative estimate of drug-likeness (QED) is 0.613. The van der Waals surface area contributed by atoms with Gasteiger partial charge in [-0.25, -0.2) is 4.39 Å². The molecular weight excluding hydrogens is 209 g/mol. The zero-order valence-corrected chi connectivity index (χ0v) is 9.13. The van der Waals surface area contributed by atoms with E-state index in [0.29, 0.717) is 30.7 Å². The van der Waals surface area contributed by atoms with E-state index < -0.39 is 0 Å². The van der Waals surface area contributed by atoms with Crippen LogP contribution in [0.15, 0.2) is 12.1 Å². The Morgan fingerprint density at radius 2 is 2.31 bits per heavy atom. The third-order valence-corrected chi connectivity index (χ3v) is 2.85. The Balaban J connectivity index is 2.21. The summed E-state index contributed by atoms with van der Waals surface area (Å²) in [5, 5.41) is 0. The van der Waals surface area contributed by atoms with Crippen molar-refractivity contribution in [3.63, 3.8) is 0 Å². The molecule has 0 heterocycles. The molecule has 0 bridgehead atoms. The van der Waals surface area contributed by atoms with Gasteiger partial charge in [0, 0.05) is 5.69 Å². The first-order chi connectivity index (χ1) is 7.61. The van der Waals surface area contributed by atoms with E-state index in [0.717, 1.165) is 5.56 Å². The van der Waals surface area contributed by atoms with E-state index in [-0.39, 0.29) is 17.7 Å². The largest absolute Gasteiger partial charge is 0.466 e. The molecule has 3 nitrogen and oxygen atoms in total. The zero-order valence-electron chi connectivity index (χ0n) is 9.13. The number of ether oxygens (including phenoxy) is 1. The fourth-order valence-corrected chi connectivity index (χ4v) is 2.14. The Kier molecular flexibility index (Phi) is 2.81. The Morgan fingerprint density at radius 3 is 3.00 bits per heavy atom. The van der Waals surface area contributed by atoms with Crippen molar-refractivity contribution in [3.8, 4) is 0 Å². The molecule has 1 atom stereocenters. The number of nitrogens with two attached hydrogens (primary N) is 1. The first-order valence-corrected chi connectivity index (χ1v) is 5.35. The topological polar surface area (TPSA) is 52.3 Å². The van der Waals surface area contributed by atoms with Crippen LogP contribution < -0.4 is 5.73 Å². The first-order valence-electron chi connectivity index (χ1n) is 5.35. The van der Waals surface area contributed by atoms with Crippen LogP contribution in [0.1, 0.15) is 18.1 Å². The molecule has 0 saturated carbocycles. The number of carbonyl (C=O) groups excluding carboxylic acids is 1. The fourth-order valence-electron chi connectivity index (χ4n) is 2.14. The molecule has 1 aliphatic carbocycles. The molecule has 0 aromatic heterocycles. The van der Waals surface area contributed by atoms with Crippen molar-refractivity contribution < 1.29 is 13.9 Å². The van der Waals surface area contributed by atoms with Crippen molar-refractivity contribution in [2.45, 2.75) is 19.8 Å². The maximum atomic E-state index is 13.5. The van der Waals surface area contributed by atoms with E-state index in [1.54, 1.807) is 13.0 Å². The zero-order chi connectivity index (χ0) is 11.7. The molecule has 0 saturated heterocycles. The summed E-state index contributed by atoms with van der Waals surface area (Å²) in [6.45, 7) is 2.12. The van der Waals surface area contributed by atoms with Gasteiger partial charge in [0.25, 0.3) is 0 Å². The van der Waals surface area contributed by atoms with Gasteiger partial charge >= 0.3 is 5.97 Å². The highest BCUT2D eigenvalue weighted by Crippen LogP contribution is 2.31. The highest BCUT2D eigenvalue weighted by Gasteiger charge is 2.30. The monoisotopic (exact) mass is 223 g/mol. The van der Waals surface area contributed by atoms with E-state index in [2.05, 4.69) is 0 Å². The number of anilines is 1. The summed E-state index contributed by atoms with van der Waals surface area (Å²) in [5.41, 5.74) is 7.39. The summed E-state index contributed by atoms with van der Waals surface area (Å²) in [4.78, 5) is 11.5. The fraction of sp³-hybridized carbons (Fsp3) is 0.417. The molecule has 0 spiro atoms. The molecule has 0 radical (unpaired) electrons. The summed E-state index contributed by atoms with van der Waals surface area (Å²) in [6.07, 6.45) is 0.941. The van der Waals surface area contributed by atoms with Gasteiger partial charge in [-0.2, -0.15) is 0 Å². The third kappa shape index (κ3) is 1.87. The lowest BCUT2D eigenvalue weighted by Crippen LogP contribution is -2.17. The van der Waals surface area contributed by atoms with E-state index in [1.165, 1.54) is 6.07 Å². The molecule has 2 N–H and O–H groups in total. The molecule has 0 aliphatic heterocycles. The van der Waals surface area contributed by atoms with Crippen LogP contribution in [0.2, 0.25) is 0 Å². The summed E-state index contributed by atoms with van der Waals surface area (Å²) in [5.74, 6) is -0.829. The Hall–Kier alpha value is -1.58. The predicted octanol–water partition coefficient (Wildman–Crippen LogP) is 1.69. The van der Waals surface area contributed by atoms with Crippen LogP contribution in [0, 0.1) is 11.7 Å². The van der Waals surface area contributed by atoms with Crippen molar-refractivity contribution in [1.29, 1.82) is 0 Å². The van der Waals surface area contributed by atoms with Crippen LogP contribution >= 0.6 is 0 Å². The number of hydrogen-bond acceptors (Lipinski definition) is 3. The molecule has 4 heteroatoms. The Labute approximate surface area is 93.4 Å². The average molecular weight is 223 g/mol. The highest BCUT2D eigenvalue weighted by molar-refractivity contribution is 5.74. The van der Waals surface area contributed by atoms with E-state index in [9.17, 15) is 9.18 Å². The molecule has 0 amide bonds. The number of fused-ring (bicyclic) bond motifs is 1. The molecule has 1 aliphatic rings. The molecular formula is C12H14FNO2. The second-order valence-corrected chi connectivity index (χ2v) is 4.00. The molecule has 86 valence electrons. The Bertz CT molecular complexity index is 431. The standard InChI is InChI=1S/C12H14FNO2/c1-2-16-12(15)8-3-7-4-9(14)6-11(13)10(7)5-8/h4,6,8H,2-3,5,14H2,1H3. The van der Waals surface area contributed by atoms with Crippen molar-refractivity contribution in [3.05, 3.63) is 29.1 Å². The van der Waals surface area contributed by atoms with Crippen molar-refractivity contribution in [2.75, 3.05) is 12.3 Å². The van der Waals surface area contributed by atoms with Gasteiger partial charge in [-0.05, 0) is 43.0 Å². The van der Waals surface area contributed by atoms with Crippen LogP contribution in [0.4, 0.5) is 10.1 Å². The number of rotatable bonds is 2. The van der Waals surface area contributed by atoms with Crippen LogP contribution in [0.25, 0.3) is 0 Å². The molecule has 1 unspecified atom stereocenters. The Morgan fingerprint density at radius 1 is 1.56 bits per heavy atom. The third-order valence-electron chi connectivity index (χ3n) is 2.85. The van der Waals surface area contributed by atoms with E-state index in [1.807, 2.05) is 0 Å². The number of halogens is 1. The van der Waals surface area contributed by atoms with Gasteiger partial charge in [-0.3, -0.25) is 4.79 Å². The SMILES string of the molecule is CCOC(=O)C1Cc2cc(N)cc(F)c2C1. The van der Waals surface area contributed by atoms with Gasteiger partial charge in [0.1, 0.15) is 5.82 Å². The number of nitrogen functional groups attached to an aromatic ring is 1. The predicted molar refractivity (Wildman–Crippen MR) is 58.3 cm³/mol. The molecule has 16 heavy (non-hydrogen) atoms. The minimum atomic E-state index is -0.318. The number of hydrogen-bond donors (Lipinski definition) is 1. The lowest BCUT2D eigenvalue weighted by molar-refractivity contribution is -0.147. The number of carbonyl (C=O) groups is 1. The smallest absolute Gasteiger partial charge is 0.309 e. The maximum absolute atomic E-state index is 13.5. The van der Waals surface area contributed by atoms with E-state index >= 15 is 0 Å². The number of benzene rings is 1. The van der Waals surface area contributed by atoms with Gasteiger partial charge in [0.2, 0.25) is 0 Å². The van der Waals surface area contributed by atoms with Crippen molar-refractivity contribution >= 4 is 11.7 Å². The van der Waals surface area contributed by atoms with Gasteiger partial charge in [-0.1, -0.05) is 0 Å². The highest BCUT2D eigenvalue weighted by atomic mass is 19.1. The second kappa shape index (κ2) is 4.12. The van der Waals surface area contributed by atoms with Crippen molar-refractivity contribution in [1.82, 2.24) is 0 Å². The first kappa shape index (κ1) is 10.9. The minimum Gasteiger partial charge on any atom is -0.466 e. The minimum absolute atomic E-state index is 0.253. The lowest BCUT2D eigenvalue weighted by atomic mass is 10.1. The van der Waals surface area contributed by atoms with Gasteiger partial charge < -0.3 is 10.5 Å². The van der Waals surface area contributed by atoms with Gasteiger partial charge in [0.15, 0.2) is 0 Å². The molecule has 0 fully saturated rings. The average Bonchev–Trinajstić information content (AvgIpc) is 2.62. The molecule has 2 rings (SSSR count). The maximum Gasteiger partial charge on any atom is 0.309 e. The summed E-state index contributed by atoms with van der Waals surface area (Å²) in [6, 6.07) is 3.03. The lowest BCUT2D eigenvalue weighted by Gasteiger charge is -2.06. The van der Waals surface area contributed by atoms with Crippen LogP contribution in [0.5, 0.6) is 0 Å². The molecule has 1 aromatic rings. The second-order valence-electron chi connectivity index (χ2n) is 4.00. The summed E-state index contributed by atoms with van der Waals surface area (Å²) in [7, 11) is 0. The van der Waals surface area contributed by atoms with Gasteiger partial charge in [-0.15, -0.1) is 0 Å². The number of esters is 1. The van der Waals surface area contributed by atoms with Crippen LogP contribution in [-0.2, 0) is 22.4 Å². The molecule has 1 aromatic carbocycles. The van der Waals surface area contributed by atoms with Crippen LogP contribution in [0.3, 0.4) is 0 Å². The van der Waals surface area contributed by atoms with E-state index in [4.69, 9.17) is 10.5 Å². The summed E-state index contributed by atoms with van der Waals surface area (Å²) < 4.78 is 18.5. The van der Waals surface area contributed by atoms with Gasteiger partial charge in [0.05, 0.1) is 12.5 Å².